The van der Waals surface area contributed by atoms with Crippen molar-refractivity contribution in [2.45, 2.75) is 26.3 Å². The molecule has 6 nitrogen and oxygen atoms in total. The lowest BCUT2D eigenvalue weighted by atomic mass is 10.0. The Hall–Kier alpha value is -2.86. The molecule has 1 aliphatic rings. The minimum atomic E-state index is -0.0178. The van der Waals surface area contributed by atoms with E-state index in [1.54, 1.807) is 0 Å². The molecule has 30 heavy (non-hydrogen) atoms. The van der Waals surface area contributed by atoms with Crippen LogP contribution in [0.15, 0.2) is 54.6 Å². The molecule has 1 fully saturated rings. The van der Waals surface area contributed by atoms with E-state index in [2.05, 4.69) is 22.3 Å². The van der Waals surface area contributed by atoms with Crippen LogP contribution in [0, 0.1) is 0 Å². The monoisotopic (exact) mass is 409 g/mol. The third-order valence-corrected chi connectivity index (χ3v) is 5.10. The van der Waals surface area contributed by atoms with Gasteiger partial charge in [0.15, 0.2) is 6.61 Å². The van der Waals surface area contributed by atoms with Gasteiger partial charge in [-0.15, -0.1) is 0 Å². The number of carbonyl (C=O) groups excluding carboxylic acids is 2. The van der Waals surface area contributed by atoms with Crippen LogP contribution in [-0.4, -0.2) is 67.0 Å². The Balaban J connectivity index is 1.47. The molecule has 2 aromatic carbocycles. The zero-order chi connectivity index (χ0) is 21.3. The standard InChI is InChI=1S/C24H31N3O3/c1-19(2)25-23(28)17-26-12-14-27(15-13-26)24(29)18-30-22-11-7-6-10-21(22)16-20-8-4-3-5-9-20/h3-11,19H,12-18H2,1-2H3,(H,25,28). The third-order valence-electron chi connectivity index (χ3n) is 5.10. The first-order chi connectivity index (χ1) is 14.5. The Morgan fingerprint density at radius 1 is 0.967 bits per heavy atom. The van der Waals surface area contributed by atoms with Crippen LogP contribution in [0.3, 0.4) is 0 Å². The molecule has 160 valence electrons. The summed E-state index contributed by atoms with van der Waals surface area (Å²) in [5.41, 5.74) is 2.27. The Morgan fingerprint density at radius 2 is 1.63 bits per heavy atom. The van der Waals surface area contributed by atoms with E-state index in [0.29, 0.717) is 32.7 Å². The van der Waals surface area contributed by atoms with Gasteiger partial charge in [0.1, 0.15) is 5.75 Å². The highest BCUT2D eigenvalue weighted by Gasteiger charge is 2.23. The molecule has 0 atom stereocenters. The van der Waals surface area contributed by atoms with Crippen molar-refractivity contribution in [2.24, 2.45) is 0 Å². The Kier molecular flexibility index (Phi) is 7.85. The minimum Gasteiger partial charge on any atom is -0.483 e. The van der Waals surface area contributed by atoms with E-state index in [1.807, 2.05) is 61.2 Å². The van der Waals surface area contributed by atoms with Crippen LogP contribution in [0.5, 0.6) is 5.75 Å². The average molecular weight is 410 g/mol. The number of rotatable bonds is 8. The fourth-order valence-corrected chi connectivity index (χ4v) is 3.56. The smallest absolute Gasteiger partial charge is 0.260 e. The highest BCUT2D eigenvalue weighted by Crippen LogP contribution is 2.21. The van der Waals surface area contributed by atoms with Gasteiger partial charge in [0.2, 0.25) is 5.91 Å². The van der Waals surface area contributed by atoms with Gasteiger partial charge in [-0.1, -0.05) is 48.5 Å². The summed E-state index contributed by atoms with van der Waals surface area (Å²) in [6.07, 6.45) is 0.766. The molecule has 0 radical (unpaired) electrons. The molecular weight excluding hydrogens is 378 g/mol. The molecule has 6 heteroatoms. The van der Waals surface area contributed by atoms with E-state index in [4.69, 9.17) is 4.74 Å². The van der Waals surface area contributed by atoms with Crippen LogP contribution < -0.4 is 10.1 Å². The van der Waals surface area contributed by atoms with Gasteiger partial charge >= 0.3 is 0 Å². The van der Waals surface area contributed by atoms with Crippen molar-refractivity contribution >= 4 is 11.8 Å². The molecule has 0 aliphatic carbocycles. The van der Waals surface area contributed by atoms with Gasteiger partial charge in [0, 0.05) is 38.6 Å². The fourth-order valence-electron chi connectivity index (χ4n) is 3.56. The molecule has 2 amide bonds. The van der Waals surface area contributed by atoms with E-state index < -0.39 is 0 Å². The number of nitrogens with zero attached hydrogens (tertiary/aromatic N) is 2. The largest absolute Gasteiger partial charge is 0.483 e. The first-order valence-corrected chi connectivity index (χ1v) is 10.6. The van der Waals surface area contributed by atoms with Crippen LogP contribution in [-0.2, 0) is 16.0 Å². The molecule has 1 saturated heterocycles. The predicted octanol–water partition coefficient (Wildman–Crippen LogP) is 2.33. The maximum absolute atomic E-state index is 12.6. The summed E-state index contributed by atoms with van der Waals surface area (Å²) in [4.78, 5) is 28.4. The number of benzene rings is 2. The van der Waals surface area contributed by atoms with Crippen molar-refractivity contribution in [3.05, 3.63) is 65.7 Å². The number of nitrogens with one attached hydrogen (secondary N) is 1. The van der Waals surface area contributed by atoms with Crippen molar-refractivity contribution in [3.63, 3.8) is 0 Å². The number of hydrogen-bond donors (Lipinski definition) is 1. The Labute approximate surface area is 178 Å². The van der Waals surface area contributed by atoms with E-state index in [0.717, 1.165) is 17.7 Å². The number of hydrogen-bond acceptors (Lipinski definition) is 4. The van der Waals surface area contributed by atoms with Gasteiger partial charge in [0.05, 0.1) is 6.54 Å². The minimum absolute atomic E-state index is 0.0178. The second-order valence-electron chi connectivity index (χ2n) is 7.94. The van der Waals surface area contributed by atoms with Crippen LogP contribution in [0.4, 0.5) is 0 Å². The van der Waals surface area contributed by atoms with E-state index in [1.165, 1.54) is 5.56 Å². The molecule has 0 spiro atoms. The van der Waals surface area contributed by atoms with E-state index in [9.17, 15) is 9.59 Å². The SMILES string of the molecule is CC(C)NC(=O)CN1CCN(C(=O)COc2ccccc2Cc2ccccc2)CC1. The molecule has 1 aliphatic heterocycles. The summed E-state index contributed by atoms with van der Waals surface area (Å²) in [5.74, 6) is 0.762. The van der Waals surface area contributed by atoms with Gasteiger partial charge in [-0.3, -0.25) is 14.5 Å². The van der Waals surface area contributed by atoms with Gasteiger partial charge in [-0.25, -0.2) is 0 Å². The second kappa shape index (κ2) is 10.8. The lowest BCUT2D eigenvalue weighted by Gasteiger charge is -2.34. The zero-order valence-corrected chi connectivity index (χ0v) is 17.8. The lowest BCUT2D eigenvalue weighted by Crippen LogP contribution is -2.52. The van der Waals surface area contributed by atoms with Crippen LogP contribution >= 0.6 is 0 Å². The van der Waals surface area contributed by atoms with Gasteiger partial charge < -0.3 is 15.0 Å². The molecular formula is C24H31N3O3. The fraction of sp³-hybridized carbons (Fsp3) is 0.417. The van der Waals surface area contributed by atoms with Crippen molar-refractivity contribution in [1.82, 2.24) is 15.1 Å². The summed E-state index contributed by atoms with van der Waals surface area (Å²) in [7, 11) is 0. The number of piperazine rings is 1. The van der Waals surface area contributed by atoms with Crippen molar-refractivity contribution < 1.29 is 14.3 Å². The Morgan fingerprint density at radius 3 is 2.33 bits per heavy atom. The number of amides is 2. The summed E-state index contributed by atoms with van der Waals surface area (Å²) < 4.78 is 5.89. The van der Waals surface area contributed by atoms with Gasteiger partial charge in [-0.2, -0.15) is 0 Å². The molecule has 0 bridgehead atoms. The van der Waals surface area contributed by atoms with Crippen LogP contribution in [0.1, 0.15) is 25.0 Å². The normalized spacial score (nSPS) is 14.6. The number of para-hydroxylation sites is 1. The summed E-state index contributed by atoms with van der Waals surface area (Å²) in [6, 6.07) is 18.2. The predicted molar refractivity (Wildman–Crippen MR) is 117 cm³/mol. The van der Waals surface area contributed by atoms with Crippen LogP contribution in [0.25, 0.3) is 0 Å². The zero-order valence-electron chi connectivity index (χ0n) is 17.8. The second-order valence-corrected chi connectivity index (χ2v) is 7.94. The molecule has 1 heterocycles. The maximum Gasteiger partial charge on any atom is 0.260 e. The number of ether oxygens (including phenoxy) is 1. The molecule has 0 unspecified atom stereocenters. The maximum atomic E-state index is 12.6. The summed E-state index contributed by atoms with van der Waals surface area (Å²) in [5, 5.41) is 2.90. The molecule has 1 N–H and O–H groups in total. The van der Waals surface area contributed by atoms with Crippen LogP contribution in [0.2, 0.25) is 0 Å². The summed E-state index contributed by atoms with van der Waals surface area (Å²) in [6.45, 7) is 6.93. The average Bonchev–Trinajstić information content (AvgIpc) is 2.73. The van der Waals surface area contributed by atoms with E-state index in [-0.39, 0.29) is 24.5 Å². The molecule has 0 saturated carbocycles. The van der Waals surface area contributed by atoms with Crippen molar-refractivity contribution in [1.29, 1.82) is 0 Å². The summed E-state index contributed by atoms with van der Waals surface area (Å²) >= 11 is 0. The third kappa shape index (κ3) is 6.59. The quantitative estimate of drug-likeness (QED) is 0.727. The molecule has 3 rings (SSSR count). The highest BCUT2D eigenvalue weighted by atomic mass is 16.5. The molecule has 0 aromatic heterocycles. The van der Waals surface area contributed by atoms with Gasteiger partial charge in [0.25, 0.3) is 5.91 Å². The van der Waals surface area contributed by atoms with E-state index >= 15 is 0 Å². The highest BCUT2D eigenvalue weighted by molar-refractivity contribution is 5.79. The first-order valence-electron chi connectivity index (χ1n) is 10.6. The van der Waals surface area contributed by atoms with Crippen molar-refractivity contribution in [3.8, 4) is 5.75 Å². The molecule has 2 aromatic rings. The number of carbonyl (C=O) groups is 2. The topological polar surface area (TPSA) is 61.9 Å². The Bertz CT molecular complexity index is 831. The lowest BCUT2D eigenvalue weighted by molar-refractivity contribution is -0.135. The van der Waals surface area contributed by atoms with Crippen molar-refractivity contribution in [2.75, 3.05) is 39.3 Å². The van der Waals surface area contributed by atoms with Gasteiger partial charge in [-0.05, 0) is 31.0 Å². The first kappa shape index (κ1) is 21.8.